The van der Waals surface area contributed by atoms with Gasteiger partial charge >= 0.3 is 41.5 Å². The first-order valence-corrected chi connectivity index (χ1v) is 12.8. The van der Waals surface area contributed by atoms with Crippen LogP contribution in [0, 0.1) is 0 Å². The standard InChI is InChI=1S/C22H40O7S.Na.H/c1-2-3-4-5-6-7-8-9-10-11-12-13-14-15-16-17-18-29-22(25)20(19-21(23)24)30(26,27)28;;/h9-10,20H,2-8,11-19H2,1H3,(H,23,24)(H,26,27,28);;/q;+1;-1/b10-9-;;. The summed E-state index contributed by atoms with van der Waals surface area (Å²) in [7, 11) is -4.79. The fraction of sp³-hybridized carbons (Fsp3) is 0.818. The van der Waals surface area contributed by atoms with Gasteiger partial charge in [-0.25, -0.2) is 0 Å². The molecule has 31 heavy (non-hydrogen) atoms. The van der Waals surface area contributed by atoms with Crippen molar-refractivity contribution in [1.82, 2.24) is 0 Å². The van der Waals surface area contributed by atoms with Gasteiger partial charge in [0.1, 0.15) is 0 Å². The number of allylic oxidation sites excluding steroid dienone is 2. The molecule has 0 rings (SSSR count). The average molecular weight is 473 g/mol. The summed E-state index contributed by atoms with van der Waals surface area (Å²) < 4.78 is 35.9. The largest absolute Gasteiger partial charge is 1.00 e. The number of ether oxygens (including phenoxy) is 1. The third-order valence-electron chi connectivity index (χ3n) is 4.88. The molecule has 0 aliphatic rings. The molecule has 0 radical (unpaired) electrons. The Labute approximate surface area is 211 Å². The quantitative estimate of drug-likeness (QED) is 0.0918. The van der Waals surface area contributed by atoms with Gasteiger partial charge in [0, 0.05) is 0 Å². The van der Waals surface area contributed by atoms with Crippen LogP contribution in [0.3, 0.4) is 0 Å². The minimum atomic E-state index is -4.79. The van der Waals surface area contributed by atoms with Gasteiger partial charge in [-0.1, -0.05) is 76.9 Å². The fourth-order valence-corrected chi connectivity index (χ4v) is 3.75. The Morgan fingerprint density at radius 1 is 0.871 bits per heavy atom. The van der Waals surface area contributed by atoms with Crippen LogP contribution in [-0.4, -0.2) is 41.9 Å². The molecule has 0 saturated heterocycles. The number of aliphatic carboxylic acids is 1. The molecule has 0 aromatic heterocycles. The smallest absolute Gasteiger partial charge is 1.00 e. The first-order chi connectivity index (χ1) is 14.3. The average Bonchev–Trinajstić information content (AvgIpc) is 2.67. The Balaban J connectivity index is -0.00000420. The van der Waals surface area contributed by atoms with Crippen molar-refractivity contribution in [3.05, 3.63) is 12.2 Å². The van der Waals surface area contributed by atoms with Crippen LogP contribution < -0.4 is 29.6 Å². The van der Waals surface area contributed by atoms with E-state index in [1.54, 1.807) is 0 Å². The van der Waals surface area contributed by atoms with Crippen LogP contribution in [-0.2, 0) is 24.4 Å². The van der Waals surface area contributed by atoms with E-state index in [0.29, 0.717) is 6.42 Å². The molecule has 0 bridgehead atoms. The van der Waals surface area contributed by atoms with E-state index in [1.165, 1.54) is 44.9 Å². The van der Waals surface area contributed by atoms with E-state index in [4.69, 9.17) is 14.4 Å². The van der Waals surface area contributed by atoms with Crippen LogP contribution in [0.5, 0.6) is 0 Å². The number of carboxylic acids is 1. The molecule has 178 valence electrons. The molecule has 2 N–H and O–H groups in total. The van der Waals surface area contributed by atoms with Crippen molar-refractivity contribution >= 4 is 22.1 Å². The second-order valence-corrected chi connectivity index (χ2v) is 9.31. The summed E-state index contributed by atoms with van der Waals surface area (Å²) in [5.74, 6) is -2.71. The SMILES string of the molecule is CCCCCCCC/C=C\CCCCCCCCOC(=O)C(CC(=O)O)S(=O)(=O)O.[H-].[Na+]. The van der Waals surface area contributed by atoms with Gasteiger partial charge in [-0.3, -0.25) is 14.1 Å². The van der Waals surface area contributed by atoms with Crippen LogP contribution in [0.15, 0.2) is 12.2 Å². The Kier molecular flexibility index (Phi) is 22.7. The molecule has 0 aliphatic carbocycles. The van der Waals surface area contributed by atoms with E-state index in [2.05, 4.69) is 19.1 Å². The number of unbranched alkanes of at least 4 members (excludes halogenated alkanes) is 12. The molecular formula is C22H41NaO7S. The van der Waals surface area contributed by atoms with Gasteiger partial charge in [0.25, 0.3) is 10.1 Å². The molecule has 0 aliphatic heterocycles. The Morgan fingerprint density at radius 3 is 1.77 bits per heavy atom. The molecule has 0 fully saturated rings. The summed E-state index contributed by atoms with van der Waals surface area (Å²) >= 11 is 0. The van der Waals surface area contributed by atoms with E-state index in [0.717, 1.165) is 38.5 Å². The topological polar surface area (TPSA) is 118 Å². The summed E-state index contributed by atoms with van der Waals surface area (Å²) in [5.41, 5.74) is 0. The van der Waals surface area contributed by atoms with Crippen LogP contribution >= 0.6 is 0 Å². The monoisotopic (exact) mass is 472 g/mol. The summed E-state index contributed by atoms with van der Waals surface area (Å²) in [4.78, 5) is 22.3. The third-order valence-corrected chi connectivity index (χ3v) is 5.96. The maximum atomic E-state index is 11.7. The maximum Gasteiger partial charge on any atom is 1.00 e. The normalized spacial score (nSPS) is 12.5. The van der Waals surface area contributed by atoms with Crippen molar-refractivity contribution in [2.45, 2.75) is 108 Å². The third kappa shape index (κ3) is 21.2. The predicted molar refractivity (Wildman–Crippen MR) is 119 cm³/mol. The van der Waals surface area contributed by atoms with Gasteiger partial charge in [-0.2, -0.15) is 8.42 Å². The van der Waals surface area contributed by atoms with Crippen molar-refractivity contribution < 1.29 is 63.4 Å². The predicted octanol–water partition coefficient (Wildman–Crippen LogP) is 2.41. The molecule has 1 atom stereocenters. The van der Waals surface area contributed by atoms with Crippen LogP contribution in [0.2, 0.25) is 0 Å². The molecular weight excluding hydrogens is 431 g/mol. The van der Waals surface area contributed by atoms with Crippen molar-refractivity contribution in [2.75, 3.05) is 6.61 Å². The minimum Gasteiger partial charge on any atom is -1.00 e. The Morgan fingerprint density at radius 2 is 1.32 bits per heavy atom. The van der Waals surface area contributed by atoms with Crippen molar-refractivity contribution in [3.8, 4) is 0 Å². The van der Waals surface area contributed by atoms with E-state index in [1.807, 2.05) is 0 Å². The second-order valence-electron chi connectivity index (χ2n) is 7.71. The number of carbonyl (C=O) groups is 2. The minimum absolute atomic E-state index is 0. The van der Waals surface area contributed by atoms with Crippen LogP contribution in [0.25, 0.3) is 0 Å². The van der Waals surface area contributed by atoms with Crippen molar-refractivity contribution in [1.29, 1.82) is 0 Å². The van der Waals surface area contributed by atoms with E-state index < -0.39 is 33.7 Å². The van der Waals surface area contributed by atoms with E-state index >= 15 is 0 Å². The number of carboxylic acid groups (broad SMARTS) is 1. The Bertz CT molecular complexity index is 597. The maximum absolute atomic E-state index is 11.7. The molecule has 0 aromatic rings. The number of esters is 1. The first kappa shape index (κ1) is 32.8. The number of rotatable bonds is 20. The van der Waals surface area contributed by atoms with Gasteiger partial charge in [-0.05, 0) is 32.1 Å². The van der Waals surface area contributed by atoms with Gasteiger partial charge in [0.2, 0.25) is 0 Å². The zero-order chi connectivity index (χ0) is 22.7. The molecule has 0 spiro atoms. The van der Waals surface area contributed by atoms with Gasteiger partial charge in [-0.15, -0.1) is 0 Å². The molecule has 0 saturated carbocycles. The van der Waals surface area contributed by atoms with Gasteiger partial charge in [0.05, 0.1) is 13.0 Å². The van der Waals surface area contributed by atoms with E-state index in [9.17, 15) is 18.0 Å². The van der Waals surface area contributed by atoms with Crippen LogP contribution in [0.4, 0.5) is 0 Å². The summed E-state index contributed by atoms with van der Waals surface area (Å²) in [6, 6.07) is 0. The van der Waals surface area contributed by atoms with Crippen molar-refractivity contribution in [3.63, 3.8) is 0 Å². The van der Waals surface area contributed by atoms with Gasteiger partial charge < -0.3 is 11.3 Å². The molecule has 9 heteroatoms. The molecule has 1 unspecified atom stereocenters. The Hall–Kier alpha value is -0.410. The zero-order valence-corrected chi connectivity index (χ0v) is 22.2. The number of hydrogen-bond acceptors (Lipinski definition) is 5. The molecule has 0 heterocycles. The molecule has 7 nitrogen and oxygen atoms in total. The molecule has 0 aromatic carbocycles. The number of carbonyl (C=O) groups excluding carboxylic acids is 1. The summed E-state index contributed by atoms with van der Waals surface area (Å²) in [5, 5.41) is 6.56. The van der Waals surface area contributed by atoms with Crippen LogP contribution in [0.1, 0.15) is 105 Å². The fourth-order valence-electron chi connectivity index (χ4n) is 3.08. The van der Waals surface area contributed by atoms with Crippen molar-refractivity contribution in [2.24, 2.45) is 0 Å². The van der Waals surface area contributed by atoms with Gasteiger partial charge in [0.15, 0.2) is 5.25 Å². The number of hydrogen-bond donors (Lipinski definition) is 2. The summed E-state index contributed by atoms with van der Waals surface area (Å²) in [6.45, 7) is 2.25. The molecule has 0 amide bonds. The second kappa shape index (κ2) is 21.4. The zero-order valence-electron chi connectivity index (χ0n) is 20.4. The first-order valence-electron chi connectivity index (χ1n) is 11.3. The van der Waals surface area contributed by atoms with E-state index in [-0.39, 0.29) is 37.6 Å². The summed E-state index contributed by atoms with van der Waals surface area (Å²) in [6.07, 6.45) is 19.6.